The molecule has 0 aliphatic carbocycles. The lowest BCUT2D eigenvalue weighted by atomic mass is 10.1. The molecule has 3 N–H and O–H groups in total. The van der Waals surface area contributed by atoms with Gasteiger partial charge in [-0.3, -0.25) is 14.4 Å². The molecule has 0 aliphatic heterocycles. The molecule has 9 heteroatoms. The molecule has 5 aromatic rings. The first kappa shape index (κ1) is 30.7. The van der Waals surface area contributed by atoms with Crippen LogP contribution in [0.4, 0.5) is 10.8 Å². The number of carbonyl (C=O) groups excluding carboxylic acids is 3. The summed E-state index contributed by atoms with van der Waals surface area (Å²) in [5, 5.41) is 8.86. The molecule has 222 valence electrons. The number of thioether (sulfide) groups is 1. The van der Waals surface area contributed by atoms with Crippen LogP contribution in [0.2, 0.25) is 0 Å². The lowest BCUT2D eigenvalue weighted by Gasteiger charge is -2.15. The molecule has 0 saturated carbocycles. The highest BCUT2D eigenvalue weighted by atomic mass is 32.2. The third kappa shape index (κ3) is 8.00. The Balaban J connectivity index is 1.29. The number of aromatic nitrogens is 1. The number of benzene rings is 4. The van der Waals surface area contributed by atoms with Gasteiger partial charge in [0.2, 0.25) is 5.91 Å². The molecule has 3 amide bonds. The fourth-order valence-corrected chi connectivity index (χ4v) is 6.36. The van der Waals surface area contributed by atoms with Gasteiger partial charge in [-0.25, -0.2) is 4.98 Å². The van der Waals surface area contributed by atoms with Crippen LogP contribution in [0.5, 0.6) is 0 Å². The van der Waals surface area contributed by atoms with Crippen LogP contribution in [0.25, 0.3) is 16.3 Å². The van der Waals surface area contributed by atoms with Crippen molar-refractivity contribution in [3.8, 4) is 0 Å². The second-order valence-corrected chi connectivity index (χ2v) is 12.6. The van der Waals surface area contributed by atoms with Crippen molar-refractivity contribution in [3.63, 3.8) is 0 Å². The Bertz CT molecular complexity index is 1830. The van der Waals surface area contributed by atoms with E-state index in [9.17, 15) is 14.4 Å². The Morgan fingerprint density at radius 1 is 0.864 bits per heavy atom. The molecule has 0 radical (unpaired) electrons. The topological polar surface area (TPSA) is 100 Å². The normalized spacial score (nSPS) is 12.0. The van der Waals surface area contributed by atoms with Crippen molar-refractivity contribution < 1.29 is 14.4 Å². The number of fused-ring (bicyclic) bond motifs is 1. The van der Waals surface area contributed by atoms with Gasteiger partial charge in [0.15, 0.2) is 5.13 Å². The quantitative estimate of drug-likeness (QED) is 0.109. The fraction of sp³-hybridized carbons (Fsp3) is 0.143. The molecule has 0 spiro atoms. The molecule has 0 bridgehead atoms. The van der Waals surface area contributed by atoms with Crippen molar-refractivity contribution in [1.29, 1.82) is 0 Å². The number of nitrogens with one attached hydrogen (secondary N) is 3. The van der Waals surface area contributed by atoms with Crippen molar-refractivity contribution in [2.24, 2.45) is 0 Å². The van der Waals surface area contributed by atoms with Crippen molar-refractivity contribution in [3.05, 3.63) is 125 Å². The van der Waals surface area contributed by atoms with Crippen LogP contribution in [-0.2, 0) is 9.59 Å². The van der Waals surface area contributed by atoms with E-state index < -0.39 is 5.91 Å². The molecular weight excluding hydrogens is 589 g/mol. The molecule has 4 aromatic carbocycles. The second-order valence-electron chi connectivity index (χ2n) is 10.3. The zero-order valence-electron chi connectivity index (χ0n) is 24.6. The first-order valence-corrected chi connectivity index (χ1v) is 15.9. The van der Waals surface area contributed by atoms with E-state index in [1.165, 1.54) is 23.1 Å². The van der Waals surface area contributed by atoms with Crippen LogP contribution < -0.4 is 16.0 Å². The number of hydrogen-bond donors (Lipinski definition) is 3. The minimum atomic E-state index is -0.465. The van der Waals surface area contributed by atoms with Gasteiger partial charge in [-0.15, -0.1) is 11.8 Å². The molecule has 44 heavy (non-hydrogen) atoms. The predicted octanol–water partition coefficient (Wildman–Crippen LogP) is 7.83. The Morgan fingerprint density at radius 3 is 2.36 bits per heavy atom. The van der Waals surface area contributed by atoms with E-state index in [-0.39, 0.29) is 22.8 Å². The van der Waals surface area contributed by atoms with Crippen LogP contribution in [0.1, 0.15) is 40.4 Å². The summed E-state index contributed by atoms with van der Waals surface area (Å²) in [5.41, 5.74) is 4.96. The van der Waals surface area contributed by atoms with Crippen LogP contribution in [0.3, 0.4) is 0 Å². The van der Waals surface area contributed by atoms with Crippen LogP contribution in [0, 0.1) is 13.8 Å². The van der Waals surface area contributed by atoms with Gasteiger partial charge in [-0.2, -0.15) is 0 Å². The van der Waals surface area contributed by atoms with Gasteiger partial charge in [0.1, 0.15) is 5.70 Å². The monoisotopic (exact) mass is 620 g/mol. The van der Waals surface area contributed by atoms with Gasteiger partial charge in [-0.1, -0.05) is 78.4 Å². The lowest BCUT2D eigenvalue weighted by molar-refractivity contribution is -0.116. The van der Waals surface area contributed by atoms with Gasteiger partial charge in [0, 0.05) is 16.1 Å². The molecule has 0 saturated heterocycles. The molecule has 1 atom stereocenters. The molecule has 7 nitrogen and oxygen atoms in total. The van der Waals surface area contributed by atoms with Crippen molar-refractivity contribution >= 4 is 67.9 Å². The van der Waals surface area contributed by atoms with Crippen molar-refractivity contribution in [1.82, 2.24) is 10.3 Å². The Labute approximate surface area is 264 Å². The predicted molar refractivity (Wildman–Crippen MR) is 181 cm³/mol. The van der Waals surface area contributed by atoms with Gasteiger partial charge < -0.3 is 16.0 Å². The molecular formula is C35H32N4O3S2. The first-order chi connectivity index (χ1) is 21.3. The molecule has 1 aromatic heterocycles. The first-order valence-electron chi connectivity index (χ1n) is 14.2. The summed E-state index contributed by atoms with van der Waals surface area (Å²) in [6.07, 6.45) is 2.25. The van der Waals surface area contributed by atoms with E-state index in [0.29, 0.717) is 22.8 Å². The average Bonchev–Trinajstić information content (AvgIpc) is 3.42. The van der Waals surface area contributed by atoms with E-state index in [1.807, 2.05) is 81.4 Å². The molecule has 1 heterocycles. The Hall–Kier alpha value is -4.73. The maximum Gasteiger partial charge on any atom is 0.272 e. The number of rotatable bonds is 10. The standard InChI is InChI=1S/C35H32N4O3S2/c1-4-30(34(42)39-35-38-28-18-15-23(3)19-31(28)44-35)43-27-12-8-11-26(21-27)36-33(41)29(20-24-16-13-22(2)14-17-24)37-32(40)25-9-6-5-7-10-25/h5-21,30H,4H2,1-3H3,(H,36,41)(H,37,40)(H,38,39,42)/b29-20-. The largest absolute Gasteiger partial charge is 0.321 e. The second kappa shape index (κ2) is 14.2. The number of hydrogen-bond acceptors (Lipinski definition) is 6. The molecule has 0 fully saturated rings. The minimum absolute atomic E-state index is 0.109. The maximum atomic E-state index is 13.5. The van der Waals surface area contributed by atoms with Gasteiger partial charge in [0.05, 0.1) is 15.5 Å². The van der Waals surface area contributed by atoms with Gasteiger partial charge in [0.25, 0.3) is 11.8 Å². The summed E-state index contributed by atoms with van der Waals surface area (Å²) in [6, 6.07) is 29.7. The van der Waals surface area contributed by atoms with E-state index in [0.717, 1.165) is 31.8 Å². The van der Waals surface area contributed by atoms with E-state index in [4.69, 9.17) is 0 Å². The zero-order valence-corrected chi connectivity index (χ0v) is 26.2. The SMILES string of the molecule is CCC(Sc1cccc(NC(=O)/C(=C/c2ccc(C)cc2)NC(=O)c2ccccc2)c1)C(=O)Nc1nc2ccc(C)cc2s1. The number of nitrogens with zero attached hydrogens (tertiary/aromatic N) is 1. The summed E-state index contributed by atoms with van der Waals surface area (Å²) in [6.45, 7) is 5.97. The Kier molecular flexibility index (Phi) is 9.89. The third-order valence-electron chi connectivity index (χ3n) is 6.72. The molecule has 5 rings (SSSR count). The highest BCUT2D eigenvalue weighted by molar-refractivity contribution is 8.00. The smallest absolute Gasteiger partial charge is 0.272 e. The van der Waals surface area contributed by atoms with Gasteiger partial charge in [-0.05, 0) is 79.9 Å². The Morgan fingerprint density at radius 2 is 1.61 bits per heavy atom. The summed E-state index contributed by atoms with van der Waals surface area (Å²) < 4.78 is 1.03. The van der Waals surface area contributed by atoms with Crippen molar-refractivity contribution in [2.75, 3.05) is 10.6 Å². The fourth-order valence-electron chi connectivity index (χ4n) is 4.38. The maximum absolute atomic E-state index is 13.5. The number of amides is 3. The highest BCUT2D eigenvalue weighted by Crippen LogP contribution is 2.31. The lowest BCUT2D eigenvalue weighted by Crippen LogP contribution is -2.30. The summed E-state index contributed by atoms with van der Waals surface area (Å²) in [7, 11) is 0. The molecule has 1 unspecified atom stereocenters. The van der Waals surface area contributed by atoms with Crippen LogP contribution in [-0.4, -0.2) is 28.0 Å². The van der Waals surface area contributed by atoms with E-state index in [2.05, 4.69) is 27.0 Å². The van der Waals surface area contributed by atoms with Gasteiger partial charge >= 0.3 is 0 Å². The summed E-state index contributed by atoms with van der Waals surface area (Å²) in [5.74, 6) is -0.981. The van der Waals surface area contributed by atoms with Crippen molar-refractivity contribution in [2.45, 2.75) is 37.3 Å². The van der Waals surface area contributed by atoms with Crippen LogP contribution >= 0.6 is 23.1 Å². The van der Waals surface area contributed by atoms with E-state index in [1.54, 1.807) is 36.4 Å². The number of carbonyl (C=O) groups is 3. The summed E-state index contributed by atoms with van der Waals surface area (Å²) >= 11 is 2.87. The number of aryl methyl sites for hydroxylation is 2. The minimum Gasteiger partial charge on any atom is -0.321 e. The average molecular weight is 621 g/mol. The number of thiazole rings is 1. The highest BCUT2D eigenvalue weighted by Gasteiger charge is 2.20. The third-order valence-corrected chi connectivity index (χ3v) is 9.02. The summed E-state index contributed by atoms with van der Waals surface area (Å²) in [4.78, 5) is 45.0. The molecule has 0 aliphatic rings. The number of anilines is 2. The van der Waals surface area contributed by atoms with E-state index >= 15 is 0 Å². The van der Waals surface area contributed by atoms with Crippen LogP contribution in [0.15, 0.2) is 108 Å². The zero-order chi connectivity index (χ0) is 31.1.